The molecule has 138 valence electrons. The topological polar surface area (TPSA) is 75.9 Å². The minimum absolute atomic E-state index is 0. The van der Waals surface area contributed by atoms with E-state index >= 15 is 0 Å². The van der Waals surface area contributed by atoms with Crippen LogP contribution in [-0.2, 0) is 14.3 Å². The number of nitrogens with two attached hydrogens (primary N) is 1. The molecule has 2 amide bonds. The molecule has 0 radical (unpaired) electrons. The van der Waals surface area contributed by atoms with Gasteiger partial charge in [-0.1, -0.05) is 6.42 Å². The van der Waals surface area contributed by atoms with Gasteiger partial charge in [0.1, 0.15) is 0 Å². The van der Waals surface area contributed by atoms with E-state index in [1.54, 1.807) is 16.8 Å². The van der Waals surface area contributed by atoms with Gasteiger partial charge >= 0.3 is 0 Å². The number of hydrogen-bond acceptors (Lipinski definition) is 4. The first-order valence-corrected chi connectivity index (χ1v) is 8.92. The predicted molar refractivity (Wildman–Crippen MR) is 93.8 cm³/mol. The molecule has 6 nitrogen and oxygen atoms in total. The number of halogens is 1. The predicted octanol–water partition coefficient (Wildman–Crippen LogP) is 0.879. The van der Waals surface area contributed by atoms with E-state index in [1.807, 2.05) is 0 Å². The molecule has 3 fully saturated rings. The average Bonchev–Trinajstić information content (AvgIpc) is 2.54. The van der Waals surface area contributed by atoms with Gasteiger partial charge in [0, 0.05) is 32.1 Å². The summed E-state index contributed by atoms with van der Waals surface area (Å²) in [5.41, 5.74) is 6.30. The molecular formula is C17H30ClN3O3. The molecule has 7 heteroatoms. The van der Waals surface area contributed by atoms with Gasteiger partial charge in [-0.2, -0.15) is 0 Å². The molecule has 2 N–H and O–H groups in total. The van der Waals surface area contributed by atoms with Crippen molar-refractivity contribution in [1.29, 1.82) is 0 Å². The Morgan fingerprint density at radius 2 is 1.75 bits per heavy atom. The molecule has 24 heavy (non-hydrogen) atoms. The Balaban J connectivity index is 0.00000208. The van der Waals surface area contributed by atoms with Gasteiger partial charge in [-0.25, -0.2) is 0 Å². The SMILES string of the molecule is CN(CC(=O)N1CCOCC1)C(=O)C1CC2CCCC(C1)C2N.Cl. The summed E-state index contributed by atoms with van der Waals surface area (Å²) in [6, 6.07) is 0.271. The van der Waals surface area contributed by atoms with Crippen LogP contribution >= 0.6 is 12.4 Å². The normalized spacial score (nSPS) is 32.7. The van der Waals surface area contributed by atoms with Crippen LogP contribution in [0.25, 0.3) is 0 Å². The first-order valence-electron chi connectivity index (χ1n) is 8.92. The van der Waals surface area contributed by atoms with Gasteiger partial charge in [0.15, 0.2) is 0 Å². The van der Waals surface area contributed by atoms with Crippen molar-refractivity contribution < 1.29 is 14.3 Å². The number of fused-ring (bicyclic) bond motifs is 2. The Bertz CT molecular complexity index is 442. The average molecular weight is 360 g/mol. The third-order valence-electron chi connectivity index (χ3n) is 5.87. The second-order valence-corrected chi connectivity index (χ2v) is 7.38. The van der Waals surface area contributed by atoms with Gasteiger partial charge in [-0.3, -0.25) is 9.59 Å². The summed E-state index contributed by atoms with van der Waals surface area (Å²) >= 11 is 0. The number of rotatable bonds is 3. The fraction of sp³-hybridized carbons (Fsp3) is 0.882. The summed E-state index contributed by atoms with van der Waals surface area (Å²) in [4.78, 5) is 28.5. The highest BCUT2D eigenvalue weighted by atomic mass is 35.5. The van der Waals surface area contributed by atoms with Gasteiger partial charge in [0.05, 0.1) is 19.8 Å². The third kappa shape index (κ3) is 4.21. The number of nitrogens with zero attached hydrogens (tertiary/aromatic N) is 2. The minimum atomic E-state index is 0. The van der Waals surface area contributed by atoms with Crippen LogP contribution in [0.2, 0.25) is 0 Å². The molecule has 2 atom stereocenters. The van der Waals surface area contributed by atoms with E-state index in [0.717, 1.165) is 25.7 Å². The lowest BCUT2D eigenvalue weighted by Crippen LogP contribution is -2.51. The van der Waals surface area contributed by atoms with E-state index in [4.69, 9.17) is 10.5 Å². The van der Waals surface area contributed by atoms with Crippen LogP contribution in [0.3, 0.4) is 0 Å². The van der Waals surface area contributed by atoms with Gasteiger partial charge in [0.2, 0.25) is 11.8 Å². The van der Waals surface area contributed by atoms with E-state index in [-0.39, 0.29) is 42.7 Å². The van der Waals surface area contributed by atoms with Crippen LogP contribution < -0.4 is 5.73 Å². The van der Waals surface area contributed by atoms with Crippen molar-refractivity contribution in [1.82, 2.24) is 9.80 Å². The lowest BCUT2D eigenvalue weighted by atomic mass is 9.65. The summed E-state index contributed by atoms with van der Waals surface area (Å²) in [5.74, 6) is 1.17. The van der Waals surface area contributed by atoms with Gasteiger partial charge in [-0.15, -0.1) is 12.4 Å². The van der Waals surface area contributed by atoms with Crippen molar-refractivity contribution in [2.45, 2.75) is 38.1 Å². The van der Waals surface area contributed by atoms with Crippen LogP contribution in [-0.4, -0.2) is 67.6 Å². The maximum atomic E-state index is 12.7. The summed E-state index contributed by atoms with van der Waals surface area (Å²) in [7, 11) is 1.75. The largest absolute Gasteiger partial charge is 0.378 e. The van der Waals surface area contributed by atoms with Crippen molar-refractivity contribution in [3.8, 4) is 0 Å². The van der Waals surface area contributed by atoms with E-state index < -0.39 is 0 Å². The smallest absolute Gasteiger partial charge is 0.242 e. The highest BCUT2D eigenvalue weighted by molar-refractivity contribution is 5.86. The zero-order chi connectivity index (χ0) is 16.4. The number of carbonyl (C=O) groups is 2. The molecular weight excluding hydrogens is 330 g/mol. The van der Waals surface area contributed by atoms with Crippen LogP contribution in [0, 0.1) is 17.8 Å². The Morgan fingerprint density at radius 3 is 2.33 bits per heavy atom. The number of carbonyl (C=O) groups excluding carboxylic acids is 2. The molecule has 2 bridgehead atoms. The molecule has 0 spiro atoms. The number of likely N-dealkylation sites (N-methyl/N-ethyl adjacent to an activating group) is 1. The zero-order valence-electron chi connectivity index (χ0n) is 14.5. The Morgan fingerprint density at radius 1 is 1.17 bits per heavy atom. The van der Waals surface area contributed by atoms with Crippen LogP contribution in [0.1, 0.15) is 32.1 Å². The summed E-state index contributed by atoms with van der Waals surface area (Å²) in [6.07, 6.45) is 5.34. The van der Waals surface area contributed by atoms with Crippen molar-refractivity contribution >= 4 is 24.2 Å². The van der Waals surface area contributed by atoms with E-state index in [2.05, 4.69) is 0 Å². The molecule has 3 rings (SSSR count). The highest BCUT2D eigenvalue weighted by Crippen LogP contribution is 2.42. The molecule has 2 unspecified atom stereocenters. The number of amides is 2. The van der Waals surface area contributed by atoms with Gasteiger partial charge < -0.3 is 20.3 Å². The van der Waals surface area contributed by atoms with Crippen LogP contribution in [0.5, 0.6) is 0 Å². The quantitative estimate of drug-likeness (QED) is 0.811. The molecule has 0 aromatic rings. The fourth-order valence-electron chi connectivity index (χ4n) is 4.50. The second-order valence-electron chi connectivity index (χ2n) is 7.38. The fourth-order valence-corrected chi connectivity index (χ4v) is 4.50. The number of ether oxygens (including phenoxy) is 1. The van der Waals surface area contributed by atoms with Gasteiger partial charge in [-0.05, 0) is 37.5 Å². The highest BCUT2D eigenvalue weighted by Gasteiger charge is 2.41. The van der Waals surface area contributed by atoms with Gasteiger partial charge in [0.25, 0.3) is 0 Å². The molecule has 0 aromatic heterocycles. The summed E-state index contributed by atoms with van der Waals surface area (Å²) < 4.78 is 5.26. The maximum Gasteiger partial charge on any atom is 0.242 e. The molecule has 0 aromatic carbocycles. The molecule has 1 aliphatic heterocycles. The lowest BCUT2D eigenvalue weighted by Gasteiger charge is -2.44. The first-order chi connectivity index (χ1) is 11.1. The monoisotopic (exact) mass is 359 g/mol. The number of hydrogen-bond donors (Lipinski definition) is 1. The number of morpholine rings is 1. The van der Waals surface area contributed by atoms with Crippen LogP contribution in [0.15, 0.2) is 0 Å². The second kappa shape index (κ2) is 8.50. The maximum absolute atomic E-state index is 12.7. The zero-order valence-corrected chi connectivity index (χ0v) is 15.3. The molecule has 2 aliphatic carbocycles. The standard InChI is InChI=1S/C17H29N3O3.ClH/c1-19(11-15(21)20-5-7-23-8-6-20)17(22)14-9-12-3-2-4-13(10-14)16(12)18;/h12-14,16H,2-11,18H2,1H3;1H. The first kappa shape index (κ1) is 19.5. The van der Waals surface area contributed by atoms with Crippen LogP contribution in [0.4, 0.5) is 0 Å². The molecule has 1 saturated heterocycles. The van der Waals surface area contributed by atoms with Crippen molar-refractivity contribution in [2.24, 2.45) is 23.5 Å². The Labute approximate surface area is 150 Å². The summed E-state index contributed by atoms with van der Waals surface area (Å²) in [6.45, 7) is 2.61. The van der Waals surface area contributed by atoms with E-state index in [1.165, 1.54) is 6.42 Å². The third-order valence-corrected chi connectivity index (χ3v) is 5.87. The lowest BCUT2D eigenvalue weighted by molar-refractivity contribution is -0.145. The molecule has 1 heterocycles. The Kier molecular flexibility index (Phi) is 6.89. The molecule has 3 aliphatic rings. The summed E-state index contributed by atoms with van der Waals surface area (Å²) in [5, 5.41) is 0. The van der Waals surface area contributed by atoms with E-state index in [0.29, 0.717) is 38.1 Å². The molecule has 2 saturated carbocycles. The van der Waals surface area contributed by atoms with Crippen molar-refractivity contribution in [3.05, 3.63) is 0 Å². The Hall–Kier alpha value is -0.850. The van der Waals surface area contributed by atoms with E-state index in [9.17, 15) is 9.59 Å². The van der Waals surface area contributed by atoms with Crippen molar-refractivity contribution in [3.63, 3.8) is 0 Å². The van der Waals surface area contributed by atoms with Crippen molar-refractivity contribution in [2.75, 3.05) is 39.9 Å². The minimum Gasteiger partial charge on any atom is -0.378 e.